The second-order valence-corrected chi connectivity index (χ2v) is 9.75. The molecule has 172 valence electrons. The van der Waals surface area contributed by atoms with Gasteiger partial charge in [0.05, 0.1) is 0 Å². The van der Waals surface area contributed by atoms with E-state index in [1.165, 1.54) is 44.9 Å². The van der Waals surface area contributed by atoms with E-state index in [4.69, 9.17) is 9.47 Å². The van der Waals surface area contributed by atoms with Crippen molar-refractivity contribution in [2.75, 3.05) is 13.1 Å². The number of hydrogen-bond acceptors (Lipinski definition) is 4. The van der Waals surface area contributed by atoms with Gasteiger partial charge in [-0.1, -0.05) is 57.8 Å². The Labute approximate surface area is 178 Å². The number of carbonyl (C=O) groups is 2. The first kappa shape index (κ1) is 27.5. The molecule has 0 rings (SSSR count). The van der Waals surface area contributed by atoms with Crippen LogP contribution in [0.5, 0.6) is 0 Å². The topological polar surface area (TPSA) is 76.7 Å². The number of alkyl carbamates (subject to hydrolysis) is 2. The third-order valence-corrected chi connectivity index (χ3v) is 4.19. The first-order chi connectivity index (χ1) is 13.5. The van der Waals surface area contributed by atoms with Crippen molar-refractivity contribution >= 4 is 12.2 Å². The van der Waals surface area contributed by atoms with Gasteiger partial charge in [-0.3, -0.25) is 0 Å². The number of amides is 2. The van der Waals surface area contributed by atoms with E-state index in [-0.39, 0.29) is 12.2 Å². The van der Waals surface area contributed by atoms with Gasteiger partial charge in [-0.05, 0) is 54.4 Å². The molecular formula is C23H46N2O4. The van der Waals surface area contributed by atoms with Crippen LogP contribution in [0.3, 0.4) is 0 Å². The van der Waals surface area contributed by atoms with Gasteiger partial charge in [-0.15, -0.1) is 0 Å². The van der Waals surface area contributed by atoms with Crippen LogP contribution in [0.2, 0.25) is 0 Å². The second kappa shape index (κ2) is 15.4. The summed E-state index contributed by atoms with van der Waals surface area (Å²) < 4.78 is 10.4. The minimum absolute atomic E-state index is 0.321. The molecule has 0 spiro atoms. The molecule has 0 aromatic heterocycles. The van der Waals surface area contributed by atoms with Gasteiger partial charge in [0.1, 0.15) is 11.2 Å². The van der Waals surface area contributed by atoms with E-state index < -0.39 is 11.2 Å². The zero-order valence-electron chi connectivity index (χ0n) is 19.8. The van der Waals surface area contributed by atoms with Crippen molar-refractivity contribution < 1.29 is 19.1 Å². The Hall–Kier alpha value is -1.46. The summed E-state index contributed by atoms with van der Waals surface area (Å²) in [6.45, 7) is 12.6. The summed E-state index contributed by atoms with van der Waals surface area (Å²) in [6, 6.07) is 0. The molecule has 0 saturated heterocycles. The Morgan fingerprint density at radius 3 is 1.00 bits per heavy atom. The number of carbonyl (C=O) groups excluding carboxylic acids is 2. The SMILES string of the molecule is CC(C)(C)OC(=O)NCCCCCCCCCCCCCNC(=O)OC(C)(C)C. The summed E-state index contributed by atoms with van der Waals surface area (Å²) in [5.74, 6) is 0. The van der Waals surface area contributed by atoms with Crippen LogP contribution < -0.4 is 10.6 Å². The fourth-order valence-electron chi connectivity index (χ4n) is 2.85. The van der Waals surface area contributed by atoms with Crippen molar-refractivity contribution in [3.63, 3.8) is 0 Å². The summed E-state index contributed by atoms with van der Waals surface area (Å²) in [7, 11) is 0. The van der Waals surface area contributed by atoms with Crippen LogP contribution in [0, 0.1) is 0 Å². The monoisotopic (exact) mass is 414 g/mol. The van der Waals surface area contributed by atoms with Gasteiger partial charge in [-0.25, -0.2) is 9.59 Å². The molecule has 6 heteroatoms. The molecule has 0 aromatic rings. The quantitative estimate of drug-likeness (QED) is 0.326. The van der Waals surface area contributed by atoms with Gasteiger partial charge in [0.2, 0.25) is 0 Å². The maximum absolute atomic E-state index is 11.5. The summed E-state index contributed by atoms with van der Waals surface area (Å²) >= 11 is 0. The third-order valence-electron chi connectivity index (χ3n) is 4.19. The summed E-state index contributed by atoms with van der Waals surface area (Å²) in [6.07, 6.45) is 12.6. The second-order valence-electron chi connectivity index (χ2n) is 9.75. The molecule has 0 heterocycles. The minimum Gasteiger partial charge on any atom is -0.444 e. The van der Waals surface area contributed by atoms with Crippen molar-refractivity contribution in [1.29, 1.82) is 0 Å². The molecule has 0 aliphatic rings. The van der Waals surface area contributed by atoms with Gasteiger partial charge >= 0.3 is 12.2 Å². The predicted octanol–water partition coefficient (Wildman–Crippen LogP) is 6.33. The number of ether oxygens (including phenoxy) is 2. The average Bonchev–Trinajstić information content (AvgIpc) is 2.55. The highest BCUT2D eigenvalue weighted by Crippen LogP contribution is 2.12. The molecule has 6 nitrogen and oxygen atoms in total. The standard InChI is InChI=1S/C23H46N2O4/c1-22(2,3)28-20(26)24-18-16-14-12-10-8-7-9-11-13-15-17-19-25-21(27)29-23(4,5)6/h7-19H2,1-6H3,(H,24,26)(H,25,27). The van der Waals surface area contributed by atoms with Gasteiger partial charge in [-0.2, -0.15) is 0 Å². The van der Waals surface area contributed by atoms with Crippen LogP contribution in [0.25, 0.3) is 0 Å². The zero-order valence-corrected chi connectivity index (χ0v) is 19.8. The Balaban J connectivity index is 3.26. The van der Waals surface area contributed by atoms with E-state index in [1.54, 1.807) is 0 Å². The summed E-state index contributed by atoms with van der Waals surface area (Å²) in [4.78, 5) is 23.0. The molecular weight excluding hydrogens is 368 g/mol. The lowest BCUT2D eigenvalue weighted by Crippen LogP contribution is -2.32. The van der Waals surface area contributed by atoms with Crippen molar-refractivity contribution in [2.24, 2.45) is 0 Å². The first-order valence-electron chi connectivity index (χ1n) is 11.4. The average molecular weight is 415 g/mol. The highest BCUT2D eigenvalue weighted by Gasteiger charge is 2.16. The van der Waals surface area contributed by atoms with E-state index in [1.807, 2.05) is 41.5 Å². The molecule has 0 aromatic carbocycles. The van der Waals surface area contributed by atoms with Crippen LogP contribution >= 0.6 is 0 Å². The molecule has 0 saturated carbocycles. The Kier molecular flexibility index (Phi) is 14.6. The lowest BCUT2D eigenvalue weighted by atomic mass is 10.1. The molecule has 0 radical (unpaired) electrons. The molecule has 0 aliphatic heterocycles. The molecule has 0 fully saturated rings. The van der Waals surface area contributed by atoms with E-state index in [2.05, 4.69) is 10.6 Å². The number of unbranched alkanes of at least 4 members (excludes halogenated alkanes) is 10. The predicted molar refractivity (Wildman–Crippen MR) is 119 cm³/mol. The fraction of sp³-hybridized carbons (Fsp3) is 0.913. The third kappa shape index (κ3) is 22.7. The highest BCUT2D eigenvalue weighted by atomic mass is 16.6. The smallest absolute Gasteiger partial charge is 0.407 e. The Morgan fingerprint density at radius 2 is 0.759 bits per heavy atom. The maximum atomic E-state index is 11.5. The lowest BCUT2D eigenvalue weighted by Gasteiger charge is -2.19. The highest BCUT2D eigenvalue weighted by molar-refractivity contribution is 5.67. The number of rotatable bonds is 14. The van der Waals surface area contributed by atoms with E-state index >= 15 is 0 Å². The van der Waals surface area contributed by atoms with Crippen molar-refractivity contribution in [1.82, 2.24) is 10.6 Å². The van der Waals surface area contributed by atoms with Gasteiger partial charge in [0, 0.05) is 13.1 Å². The van der Waals surface area contributed by atoms with Crippen molar-refractivity contribution in [2.45, 2.75) is 123 Å². The van der Waals surface area contributed by atoms with Crippen molar-refractivity contribution in [3.05, 3.63) is 0 Å². The van der Waals surface area contributed by atoms with Crippen LogP contribution in [-0.4, -0.2) is 36.5 Å². The summed E-state index contributed by atoms with van der Waals surface area (Å²) in [5.41, 5.74) is -0.859. The lowest BCUT2D eigenvalue weighted by molar-refractivity contribution is 0.0515. The number of nitrogens with one attached hydrogen (secondary N) is 2. The first-order valence-corrected chi connectivity index (χ1v) is 11.4. The molecule has 0 atom stereocenters. The number of hydrogen-bond donors (Lipinski definition) is 2. The van der Waals surface area contributed by atoms with E-state index in [0.29, 0.717) is 13.1 Å². The zero-order chi connectivity index (χ0) is 22.2. The van der Waals surface area contributed by atoms with Crippen LogP contribution in [0.4, 0.5) is 9.59 Å². The normalized spacial score (nSPS) is 11.8. The Morgan fingerprint density at radius 1 is 0.517 bits per heavy atom. The molecule has 0 aliphatic carbocycles. The summed E-state index contributed by atoms with van der Waals surface area (Å²) in [5, 5.41) is 5.61. The van der Waals surface area contributed by atoms with Crippen LogP contribution in [0.15, 0.2) is 0 Å². The fourth-order valence-corrected chi connectivity index (χ4v) is 2.85. The van der Waals surface area contributed by atoms with Crippen LogP contribution in [0.1, 0.15) is 112 Å². The molecule has 0 unspecified atom stereocenters. The van der Waals surface area contributed by atoms with Crippen LogP contribution in [-0.2, 0) is 9.47 Å². The van der Waals surface area contributed by atoms with E-state index in [0.717, 1.165) is 25.7 Å². The minimum atomic E-state index is -0.430. The van der Waals surface area contributed by atoms with Gasteiger partial charge in [0.15, 0.2) is 0 Å². The van der Waals surface area contributed by atoms with Crippen molar-refractivity contribution in [3.8, 4) is 0 Å². The van der Waals surface area contributed by atoms with Gasteiger partial charge in [0.25, 0.3) is 0 Å². The molecule has 0 bridgehead atoms. The largest absolute Gasteiger partial charge is 0.444 e. The van der Waals surface area contributed by atoms with E-state index in [9.17, 15) is 9.59 Å². The molecule has 29 heavy (non-hydrogen) atoms. The maximum Gasteiger partial charge on any atom is 0.407 e. The Bertz CT molecular complexity index is 399. The molecule has 2 N–H and O–H groups in total. The van der Waals surface area contributed by atoms with Gasteiger partial charge < -0.3 is 20.1 Å². The molecule has 2 amide bonds.